The summed E-state index contributed by atoms with van der Waals surface area (Å²) in [5.74, 6) is -0.664. The third-order valence-corrected chi connectivity index (χ3v) is 4.80. The van der Waals surface area contributed by atoms with Crippen molar-refractivity contribution in [3.63, 3.8) is 0 Å². The molecular formula is C23H46O5. The van der Waals surface area contributed by atoms with Crippen LogP contribution in [0.25, 0.3) is 0 Å². The first-order chi connectivity index (χ1) is 13.5. The number of carboxylic acid groups (broad SMARTS) is 1. The maximum Gasteiger partial charge on any atom is 0.303 e. The molecule has 5 nitrogen and oxygen atoms in total. The van der Waals surface area contributed by atoms with Crippen LogP contribution in [-0.2, 0) is 4.79 Å². The van der Waals surface area contributed by atoms with Crippen LogP contribution in [0.15, 0.2) is 12.2 Å². The van der Waals surface area contributed by atoms with E-state index in [-0.39, 0.29) is 19.8 Å². The Balaban J connectivity index is 0. The average Bonchev–Trinajstić information content (AvgIpc) is 2.70. The lowest BCUT2D eigenvalue weighted by Crippen LogP contribution is -2.29. The summed E-state index contributed by atoms with van der Waals surface area (Å²) in [5, 5.41) is 33.9. The summed E-state index contributed by atoms with van der Waals surface area (Å²) in [7, 11) is 0. The molecule has 0 aliphatic heterocycles. The summed E-state index contributed by atoms with van der Waals surface area (Å²) in [4.78, 5) is 10.3. The molecule has 0 unspecified atom stereocenters. The van der Waals surface area contributed by atoms with Crippen molar-refractivity contribution in [3.8, 4) is 0 Å². The molecular weight excluding hydrogens is 356 g/mol. The summed E-state index contributed by atoms with van der Waals surface area (Å²) >= 11 is 0. The van der Waals surface area contributed by atoms with E-state index >= 15 is 0 Å². The van der Waals surface area contributed by atoms with Gasteiger partial charge in [0.05, 0.1) is 19.8 Å². The van der Waals surface area contributed by atoms with Crippen molar-refractivity contribution in [2.45, 2.75) is 104 Å². The molecule has 0 aromatic rings. The second kappa shape index (κ2) is 22.4. The highest BCUT2D eigenvalue weighted by molar-refractivity contribution is 5.66. The van der Waals surface area contributed by atoms with E-state index in [1.807, 2.05) is 0 Å². The summed E-state index contributed by atoms with van der Waals surface area (Å²) < 4.78 is 0. The average molecular weight is 403 g/mol. The smallest absolute Gasteiger partial charge is 0.303 e. The van der Waals surface area contributed by atoms with Gasteiger partial charge < -0.3 is 20.4 Å². The molecule has 0 saturated heterocycles. The molecule has 0 aliphatic rings. The highest BCUT2D eigenvalue weighted by Gasteiger charge is 2.20. The number of carbonyl (C=O) groups is 1. The van der Waals surface area contributed by atoms with Crippen molar-refractivity contribution in [3.05, 3.63) is 12.2 Å². The number of hydrogen-bond donors (Lipinski definition) is 4. The van der Waals surface area contributed by atoms with Gasteiger partial charge in [-0.15, -0.1) is 0 Å². The highest BCUT2D eigenvalue weighted by Crippen LogP contribution is 2.11. The Bertz CT molecular complexity index is 343. The van der Waals surface area contributed by atoms with Crippen molar-refractivity contribution in [1.29, 1.82) is 0 Å². The number of allylic oxidation sites excluding steroid dienone is 2. The molecule has 4 N–H and O–H groups in total. The van der Waals surface area contributed by atoms with E-state index in [9.17, 15) is 4.79 Å². The molecule has 0 aromatic heterocycles. The Morgan fingerprint density at radius 1 is 0.714 bits per heavy atom. The van der Waals surface area contributed by atoms with Crippen LogP contribution in [0.1, 0.15) is 104 Å². The predicted octanol–water partition coefficient (Wildman–Crippen LogP) is 5.08. The van der Waals surface area contributed by atoms with Crippen molar-refractivity contribution < 1.29 is 25.2 Å². The van der Waals surface area contributed by atoms with Crippen LogP contribution < -0.4 is 0 Å². The van der Waals surface area contributed by atoms with Crippen molar-refractivity contribution in [2.24, 2.45) is 5.41 Å². The van der Waals surface area contributed by atoms with Crippen molar-refractivity contribution in [1.82, 2.24) is 0 Å². The van der Waals surface area contributed by atoms with Crippen LogP contribution in [0, 0.1) is 5.41 Å². The van der Waals surface area contributed by atoms with Gasteiger partial charge >= 0.3 is 5.97 Å². The second-order valence-corrected chi connectivity index (χ2v) is 8.01. The van der Waals surface area contributed by atoms with E-state index in [1.165, 1.54) is 70.6 Å². The number of carboxylic acids is 1. The summed E-state index contributed by atoms with van der Waals surface area (Å²) in [6.45, 7) is 3.32. The molecule has 28 heavy (non-hydrogen) atoms. The molecule has 0 heterocycles. The number of rotatable bonds is 18. The standard InChI is InChI=1S/C18H34O2.C5H12O3/c1-2-3-4-5-6-7-8-9-10-11-12-13-14-15-16-17-18(19)20;1-5(2-6,3-7)4-8/h9-10H,2-8,11-17H2,1H3,(H,19,20);6-8H,2-4H2,1H3/b10-9-;. The lowest BCUT2D eigenvalue weighted by molar-refractivity contribution is -0.137. The van der Waals surface area contributed by atoms with Crippen molar-refractivity contribution >= 4 is 5.97 Å². The molecule has 168 valence electrons. The minimum atomic E-state index is -0.708. The SMILES string of the molecule is CC(CO)(CO)CO.CCCCCCCC/C=C\CCCCCCCC(=O)O. The van der Waals surface area contributed by atoms with Gasteiger partial charge in [-0.3, -0.25) is 4.79 Å². The summed E-state index contributed by atoms with van der Waals surface area (Å²) in [5.41, 5.74) is -0.708. The van der Waals surface area contributed by atoms with Crippen LogP contribution in [0.2, 0.25) is 0 Å². The Labute approximate surface area is 172 Å². The van der Waals surface area contributed by atoms with Crippen LogP contribution in [-0.4, -0.2) is 46.2 Å². The zero-order valence-electron chi connectivity index (χ0n) is 18.4. The van der Waals surface area contributed by atoms with E-state index in [0.29, 0.717) is 6.42 Å². The number of aliphatic carboxylic acids is 1. The Hall–Kier alpha value is -0.910. The summed E-state index contributed by atoms with van der Waals surface area (Å²) in [6, 6.07) is 0. The number of unbranched alkanes of at least 4 members (excludes halogenated alkanes) is 11. The van der Waals surface area contributed by atoms with Gasteiger partial charge in [-0.1, -0.05) is 77.4 Å². The zero-order valence-corrected chi connectivity index (χ0v) is 18.4. The molecule has 0 amide bonds. The predicted molar refractivity (Wildman–Crippen MR) is 116 cm³/mol. The van der Waals surface area contributed by atoms with E-state index in [2.05, 4.69) is 19.1 Å². The first-order valence-electron chi connectivity index (χ1n) is 11.1. The number of hydrogen-bond acceptors (Lipinski definition) is 4. The lowest BCUT2D eigenvalue weighted by atomic mass is 9.95. The molecule has 0 rings (SSSR count). The monoisotopic (exact) mass is 402 g/mol. The quantitative estimate of drug-likeness (QED) is 0.189. The molecule has 5 heteroatoms. The summed E-state index contributed by atoms with van der Waals surface area (Å²) in [6.07, 6.45) is 21.2. The van der Waals surface area contributed by atoms with Gasteiger partial charge in [-0.25, -0.2) is 0 Å². The molecule has 0 aromatic carbocycles. The topological polar surface area (TPSA) is 98.0 Å². The first-order valence-corrected chi connectivity index (χ1v) is 11.1. The Morgan fingerprint density at radius 3 is 1.46 bits per heavy atom. The lowest BCUT2D eigenvalue weighted by Gasteiger charge is -2.20. The maximum absolute atomic E-state index is 10.3. The van der Waals surface area contributed by atoms with E-state index < -0.39 is 11.4 Å². The second-order valence-electron chi connectivity index (χ2n) is 8.01. The third kappa shape index (κ3) is 23.1. The van der Waals surface area contributed by atoms with Gasteiger partial charge in [0.15, 0.2) is 0 Å². The van der Waals surface area contributed by atoms with Crippen LogP contribution >= 0.6 is 0 Å². The molecule has 0 atom stereocenters. The molecule has 0 aliphatic carbocycles. The molecule has 0 fully saturated rings. The normalized spacial score (nSPS) is 11.5. The minimum Gasteiger partial charge on any atom is -0.481 e. The van der Waals surface area contributed by atoms with Gasteiger partial charge in [0.25, 0.3) is 0 Å². The van der Waals surface area contributed by atoms with Gasteiger partial charge in [0.2, 0.25) is 0 Å². The van der Waals surface area contributed by atoms with Gasteiger partial charge in [0, 0.05) is 11.8 Å². The van der Waals surface area contributed by atoms with Gasteiger partial charge in [0.1, 0.15) is 0 Å². The molecule has 0 spiro atoms. The zero-order chi connectivity index (χ0) is 21.5. The third-order valence-electron chi connectivity index (χ3n) is 4.80. The van der Waals surface area contributed by atoms with Gasteiger partial charge in [-0.05, 0) is 32.1 Å². The molecule has 0 saturated carbocycles. The van der Waals surface area contributed by atoms with Crippen LogP contribution in [0.5, 0.6) is 0 Å². The van der Waals surface area contributed by atoms with E-state index in [4.69, 9.17) is 20.4 Å². The fourth-order valence-electron chi connectivity index (χ4n) is 2.50. The number of aliphatic hydroxyl groups is 3. The van der Waals surface area contributed by atoms with Crippen LogP contribution in [0.4, 0.5) is 0 Å². The number of aliphatic hydroxyl groups excluding tert-OH is 3. The first kappa shape index (κ1) is 29.3. The van der Waals surface area contributed by atoms with Gasteiger partial charge in [-0.2, -0.15) is 0 Å². The van der Waals surface area contributed by atoms with E-state index in [0.717, 1.165) is 12.8 Å². The highest BCUT2D eigenvalue weighted by atomic mass is 16.4. The Kier molecular flexibility index (Phi) is 23.4. The molecule has 0 radical (unpaired) electrons. The molecule has 0 bridgehead atoms. The minimum absolute atomic E-state index is 0.181. The van der Waals surface area contributed by atoms with E-state index in [1.54, 1.807) is 6.92 Å². The fraction of sp³-hybridized carbons (Fsp3) is 0.870. The largest absolute Gasteiger partial charge is 0.481 e. The van der Waals surface area contributed by atoms with Crippen molar-refractivity contribution in [2.75, 3.05) is 19.8 Å². The Morgan fingerprint density at radius 2 is 1.11 bits per heavy atom. The van der Waals surface area contributed by atoms with Crippen LogP contribution in [0.3, 0.4) is 0 Å². The fourth-order valence-corrected chi connectivity index (χ4v) is 2.50. The maximum atomic E-state index is 10.3.